The fraction of sp³-hybridized carbons (Fsp3) is 0.421. The number of likely N-dealkylation sites (tertiary alicyclic amines) is 1. The number of halogens is 1. The first-order valence-electron chi connectivity index (χ1n) is 8.97. The number of rotatable bonds is 2. The van der Waals surface area contributed by atoms with Gasteiger partial charge in [0.05, 0.1) is 17.6 Å². The topological polar surface area (TPSA) is 65.5 Å². The molecule has 0 bridgehead atoms. The summed E-state index contributed by atoms with van der Waals surface area (Å²) in [5, 5.41) is 4.48. The van der Waals surface area contributed by atoms with Crippen LogP contribution in [0.1, 0.15) is 23.2 Å². The number of hydrogen-bond donors (Lipinski definition) is 1. The van der Waals surface area contributed by atoms with Gasteiger partial charge in [-0.05, 0) is 31.0 Å². The fourth-order valence-electron chi connectivity index (χ4n) is 3.89. The Kier molecular flexibility index (Phi) is 4.78. The molecule has 1 atom stereocenters. The Morgan fingerprint density at radius 2 is 2.19 bits per heavy atom. The van der Waals surface area contributed by atoms with E-state index in [1.807, 2.05) is 28.0 Å². The molecule has 4 rings (SSSR count). The van der Waals surface area contributed by atoms with E-state index in [0.29, 0.717) is 42.3 Å². The molecule has 1 aromatic heterocycles. The molecule has 7 heteroatoms. The monoisotopic (exact) mass is 372 g/mol. The number of piperidine rings is 1. The van der Waals surface area contributed by atoms with Crippen LogP contribution >= 0.6 is 11.6 Å². The molecule has 3 heterocycles. The molecule has 1 N–H and O–H groups in total. The van der Waals surface area contributed by atoms with Crippen molar-refractivity contribution in [2.45, 2.75) is 18.9 Å². The molecule has 0 saturated carbocycles. The number of amides is 2. The first kappa shape index (κ1) is 17.2. The number of nitrogens with zero attached hydrogens (tertiary/aromatic N) is 3. The largest absolute Gasteiger partial charge is 0.337 e. The third-order valence-corrected chi connectivity index (χ3v) is 5.37. The number of aromatic nitrogens is 1. The predicted octanol–water partition coefficient (Wildman–Crippen LogP) is 1.92. The van der Waals surface area contributed by atoms with E-state index in [-0.39, 0.29) is 17.9 Å². The Morgan fingerprint density at radius 3 is 3.04 bits per heavy atom. The summed E-state index contributed by atoms with van der Waals surface area (Å²) in [7, 11) is 0. The Balaban J connectivity index is 1.59. The first-order chi connectivity index (χ1) is 12.6. The molecule has 2 fully saturated rings. The summed E-state index contributed by atoms with van der Waals surface area (Å²) in [5.41, 5.74) is 1.20. The van der Waals surface area contributed by atoms with Gasteiger partial charge in [0.1, 0.15) is 0 Å². The smallest absolute Gasteiger partial charge is 0.256 e. The van der Waals surface area contributed by atoms with E-state index in [1.165, 1.54) is 0 Å². The summed E-state index contributed by atoms with van der Waals surface area (Å²) in [4.78, 5) is 33.5. The predicted molar refractivity (Wildman–Crippen MR) is 100 cm³/mol. The Labute approximate surface area is 157 Å². The van der Waals surface area contributed by atoms with Crippen LogP contribution in [0.3, 0.4) is 0 Å². The average Bonchev–Trinajstić information content (AvgIpc) is 2.67. The number of piperazine rings is 1. The highest BCUT2D eigenvalue weighted by Gasteiger charge is 2.32. The second-order valence-electron chi connectivity index (χ2n) is 6.84. The highest BCUT2D eigenvalue weighted by Crippen LogP contribution is 2.25. The maximum Gasteiger partial charge on any atom is 0.256 e. The van der Waals surface area contributed by atoms with Gasteiger partial charge in [0.2, 0.25) is 5.91 Å². The third-order valence-electron chi connectivity index (χ3n) is 5.15. The van der Waals surface area contributed by atoms with Gasteiger partial charge in [-0.3, -0.25) is 14.6 Å². The van der Waals surface area contributed by atoms with Gasteiger partial charge in [0.25, 0.3) is 5.91 Å². The molecule has 2 aromatic rings. The summed E-state index contributed by atoms with van der Waals surface area (Å²) >= 11 is 6.22. The number of carbonyl (C=O) groups is 2. The molecule has 2 amide bonds. The summed E-state index contributed by atoms with van der Waals surface area (Å²) in [5.74, 6) is 0.0499. The minimum Gasteiger partial charge on any atom is -0.337 e. The minimum atomic E-state index is -0.0662. The van der Waals surface area contributed by atoms with Crippen LogP contribution in [-0.2, 0) is 4.79 Å². The molecule has 26 heavy (non-hydrogen) atoms. The van der Waals surface area contributed by atoms with Crippen LogP contribution in [0.5, 0.6) is 0 Å². The van der Waals surface area contributed by atoms with Crippen LogP contribution < -0.4 is 5.32 Å². The van der Waals surface area contributed by atoms with Crippen molar-refractivity contribution in [3.63, 3.8) is 0 Å². The molecule has 0 radical (unpaired) electrons. The zero-order valence-corrected chi connectivity index (χ0v) is 15.2. The maximum atomic E-state index is 13.2. The van der Waals surface area contributed by atoms with Crippen LogP contribution in [0.4, 0.5) is 0 Å². The molecule has 2 aliphatic heterocycles. The SMILES string of the molecule is O=C(c1cc(Cl)cc2cccnc12)N1CCCC(N2CCNCC2=O)C1. The Hall–Kier alpha value is -2.18. The lowest BCUT2D eigenvalue weighted by atomic mass is 10.0. The van der Waals surface area contributed by atoms with Gasteiger partial charge < -0.3 is 15.1 Å². The summed E-state index contributed by atoms with van der Waals surface area (Å²) < 4.78 is 0. The number of nitrogens with one attached hydrogen (secondary N) is 1. The molecule has 6 nitrogen and oxygen atoms in total. The number of carbonyl (C=O) groups excluding carboxylic acids is 2. The summed E-state index contributed by atoms with van der Waals surface area (Å²) in [6.07, 6.45) is 3.51. The molecule has 2 saturated heterocycles. The van der Waals surface area contributed by atoms with Gasteiger partial charge in [-0.1, -0.05) is 17.7 Å². The maximum absolute atomic E-state index is 13.2. The molecule has 0 spiro atoms. The molecule has 2 aliphatic rings. The van der Waals surface area contributed by atoms with Crippen molar-refractivity contribution in [1.82, 2.24) is 20.1 Å². The van der Waals surface area contributed by atoms with Crippen LogP contribution in [0, 0.1) is 0 Å². The van der Waals surface area contributed by atoms with E-state index in [0.717, 1.165) is 24.8 Å². The van der Waals surface area contributed by atoms with E-state index in [1.54, 1.807) is 12.3 Å². The van der Waals surface area contributed by atoms with Crippen molar-refractivity contribution in [2.24, 2.45) is 0 Å². The quantitative estimate of drug-likeness (QED) is 0.874. The Bertz CT molecular complexity index is 857. The van der Waals surface area contributed by atoms with Gasteiger partial charge in [0, 0.05) is 48.8 Å². The van der Waals surface area contributed by atoms with Gasteiger partial charge in [0.15, 0.2) is 0 Å². The van der Waals surface area contributed by atoms with E-state index in [9.17, 15) is 9.59 Å². The van der Waals surface area contributed by atoms with Crippen LogP contribution in [-0.4, -0.2) is 65.4 Å². The molecule has 1 unspecified atom stereocenters. The lowest BCUT2D eigenvalue weighted by Crippen LogP contribution is -2.57. The Morgan fingerprint density at radius 1 is 1.31 bits per heavy atom. The number of pyridine rings is 1. The third kappa shape index (κ3) is 3.27. The number of benzene rings is 1. The normalized spacial score (nSPS) is 21.3. The van der Waals surface area contributed by atoms with E-state index >= 15 is 0 Å². The van der Waals surface area contributed by atoms with Gasteiger partial charge in [-0.2, -0.15) is 0 Å². The average molecular weight is 373 g/mol. The zero-order valence-electron chi connectivity index (χ0n) is 14.4. The lowest BCUT2D eigenvalue weighted by Gasteiger charge is -2.41. The highest BCUT2D eigenvalue weighted by molar-refractivity contribution is 6.32. The standard InChI is InChI=1S/C19H21ClN4O2/c20-14-9-13-3-1-5-22-18(13)16(10-14)19(26)23-7-2-4-15(12-23)24-8-6-21-11-17(24)25/h1,3,5,9-10,15,21H,2,4,6-8,11-12H2. The zero-order chi connectivity index (χ0) is 18.1. The van der Waals surface area contributed by atoms with Gasteiger partial charge in [-0.15, -0.1) is 0 Å². The highest BCUT2D eigenvalue weighted by atomic mass is 35.5. The molecule has 1 aromatic carbocycles. The molecule has 0 aliphatic carbocycles. The second-order valence-corrected chi connectivity index (χ2v) is 7.28. The number of fused-ring (bicyclic) bond motifs is 1. The van der Waals surface area contributed by atoms with Crippen molar-refractivity contribution in [2.75, 3.05) is 32.7 Å². The summed E-state index contributed by atoms with van der Waals surface area (Å²) in [6.45, 7) is 3.14. The second kappa shape index (κ2) is 7.21. The van der Waals surface area contributed by atoms with Crippen molar-refractivity contribution < 1.29 is 9.59 Å². The van der Waals surface area contributed by atoms with Crippen molar-refractivity contribution in [3.05, 3.63) is 41.0 Å². The lowest BCUT2D eigenvalue weighted by molar-refractivity contribution is -0.135. The fourth-order valence-corrected chi connectivity index (χ4v) is 4.12. The number of hydrogen-bond acceptors (Lipinski definition) is 4. The van der Waals surface area contributed by atoms with Crippen molar-refractivity contribution >= 4 is 34.3 Å². The van der Waals surface area contributed by atoms with Gasteiger partial charge >= 0.3 is 0 Å². The molecular formula is C19H21ClN4O2. The van der Waals surface area contributed by atoms with E-state index in [4.69, 9.17) is 11.6 Å². The minimum absolute atomic E-state index is 0.0662. The first-order valence-corrected chi connectivity index (χ1v) is 9.35. The van der Waals surface area contributed by atoms with Crippen LogP contribution in [0.2, 0.25) is 5.02 Å². The van der Waals surface area contributed by atoms with Crippen molar-refractivity contribution in [1.29, 1.82) is 0 Å². The molecular weight excluding hydrogens is 352 g/mol. The van der Waals surface area contributed by atoms with Crippen LogP contribution in [0.15, 0.2) is 30.5 Å². The van der Waals surface area contributed by atoms with E-state index in [2.05, 4.69) is 10.3 Å². The van der Waals surface area contributed by atoms with Gasteiger partial charge in [-0.25, -0.2) is 0 Å². The van der Waals surface area contributed by atoms with E-state index < -0.39 is 0 Å². The van der Waals surface area contributed by atoms with Crippen LogP contribution in [0.25, 0.3) is 10.9 Å². The van der Waals surface area contributed by atoms with Crippen molar-refractivity contribution in [3.8, 4) is 0 Å². The summed E-state index contributed by atoms with van der Waals surface area (Å²) in [6, 6.07) is 7.34. The molecule has 136 valence electrons.